The van der Waals surface area contributed by atoms with Crippen molar-refractivity contribution >= 4 is 23.2 Å². The molecule has 0 fully saturated rings. The van der Waals surface area contributed by atoms with Crippen LogP contribution in [0.1, 0.15) is 27.0 Å². The van der Waals surface area contributed by atoms with Crippen LogP contribution in [-0.2, 0) is 0 Å². The van der Waals surface area contributed by atoms with Crippen molar-refractivity contribution in [3.8, 4) is 11.4 Å². The number of benzene rings is 3. The molecule has 3 aromatic carbocycles. The maximum Gasteiger partial charge on any atom is 0.271 e. The standard InChI is InChI=1S/C23H19FN4O/c1-14-10-20-21(11-15(14)2)27-22(26-20)17-6-8-18(9-7-17)23(29)28-25-13-16-4-3-5-19(24)12-16/h3-13H,1-2H3,(H,26,27)(H,28,29)/b25-13+. The molecule has 5 nitrogen and oxygen atoms in total. The van der Waals surface area contributed by atoms with Crippen LogP contribution in [0, 0.1) is 19.7 Å². The first-order chi connectivity index (χ1) is 14.0. The van der Waals surface area contributed by atoms with E-state index in [1.54, 1.807) is 24.3 Å². The fourth-order valence-electron chi connectivity index (χ4n) is 3.00. The summed E-state index contributed by atoms with van der Waals surface area (Å²) < 4.78 is 13.1. The Morgan fingerprint density at radius 1 is 1.07 bits per heavy atom. The van der Waals surface area contributed by atoms with Gasteiger partial charge in [-0.3, -0.25) is 4.79 Å². The monoisotopic (exact) mass is 386 g/mol. The van der Waals surface area contributed by atoms with E-state index in [1.807, 2.05) is 12.1 Å². The van der Waals surface area contributed by atoms with Crippen molar-refractivity contribution in [2.75, 3.05) is 0 Å². The van der Waals surface area contributed by atoms with Gasteiger partial charge in [-0.05, 0) is 66.9 Å². The number of imidazole rings is 1. The van der Waals surface area contributed by atoms with Crippen LogP contribution in [0.15, 0.2) is 65.8 Å². The molecule has 1 amide bonds. The van der Waals surface area contributed by atoms with Gasteiger partial charge in [-0.1, -0.05) is 24.3 Å². The van der Waals surface area contributed by atoms with E-state index in [9.17, 15) is 9.18 Å². The lowest BCUT2D eigenvalue weighted by Gasteiger charge is -2.01. The van der Waals surface area contributed by atoms with E-state index in [0.717, 1.165) is 22.4 Å². The Balaban J connectivity index is 1.48. The molecule has 0 radical (unpaired) electrons. The molecule has 0 atom stereocenters. The lowest BCUT2D eigenvalue weighted by molar-refractivity contribution is 0.0955. The molecule has 0 unspecified atom stereocenters. The second kappa shape index (κ2) is 7.67. The normalized spacial score (nSPS) is 11.3. The number of H-pyrrole nitrogens is 1. The quantitative estimate of drug-likeness (QED) is 0.392. The summed E-state index contributed by atoms with van der Waals surface area (Å²) in [5, 5.41) is 3.88. The first-order valence-corrected chi connectivity index (χ1v) is 9.16. The fourth-order valence-corrected chi connectivity index (χ4v) is 3.00. The summed E-state index contributed by atoms with van der Waals surface area (Å²) in [6, 6.07) is 17.2. The van der Waals surface area contributed by atoms with Gasteiger partial charge < -0.3 is 4.98 Å². The van der Waals surface area contributed by atoms with Crippen molar-refractivity contribution in [3.63, 3.8) is 0 Å². The summed E-state index contributed by atoms with van der Waals surface area (Å²) in [6.45, 7) is 4.13. The topological polar surface area (TPSA) is 70.1 Å². The average Bonchev–Trinajstić information content (AvgIpc) is 3.11. The minimum atomic E-state index is -0.355. The molecule has 0 saturated carbocycles. The highest BCUT2D eigenvalue weighted by Crippen LogP contribution is 2.23. The number of hydrazone groups is 1. The minimum absolute atomic E-state index is 0.347. The van der Waals surface area contributed by atoms with E-state index in [4.69, 9.17) is 0 Å². The molecule has 144 valence electrons. The van der Waals surface area contributed by atoms with E-state index in [0.29, 0.717) is 11.1 Å². The Kier molecular flexibility index (Phi) is 4.91. The summed E-state index contributed by atoms with van der Waals surface area (Å²) in [6.07, 6.45) is 1.40. The van der Waals surface area contributed by atoms with Crippen LogP contribution in [0.25, 0.3) is 22.4 Å². The van der Waals surface area contributed by atoms with Crippen molar-refractivity contribution < 1.29 is 9.18 Å². The van der Waals surface area contributed by atoms with Crippen LogP contribution in [0.3, 0.4) is 0 Å². The number of nitrogens with zero attached hydrogens (tertiary/aromatic N) is 2. The van der Waals surface area contributed by atoms with Crippen LogP contribution in [0.4, 0.5) is 4.39 Å². The van der Waals surface area contributed by atoms with Gasteiger partial charge in [0.1, 0.15) is 11.6 Å². The number of rotatable bonds is 4. The molecule has 0 aliphatic heterocycles. The number of carbonyl (C=O) groups is 1. The molecule has 4 rings (SSSR count). The molecule has 2 N–H and O–H groups in total. The van der Waals surface area contributed by atoms with E-state index in [1.165, 1.54) is 29.5 Å². The number of aromatic nitrogens is 2. The zero-order valence-electron chi connectivity index (χ0n) is 16.0. The minimum Gasteiger partial charge on any atom is -0.338 e. The molecule has 6 heteroatoms. The van der Waals surface area contributed by atoms with E-state index < -0.39 is 0 Å². The number of carbonyl (C=O) groups excluding carboxylic acids is 1. The second-order valence-corrected chi connectivity index (χ2v) is 6.87. The molecule has 0 bridgehead atoms. The number of hydrogen-bond acceptors (Lipinski definition) is 3. The fraction of sp³-hybridized carbons (Fsp3) is 0.0870. The van der Waals surface area contributed by atoms with Crippen molar-refractivity contribution in [2.24, 2.45) is 5.10 Å². The van der Waals surface area contributed by atoms with E-state index in [-0.39, 0.29) is 11.7 Å². The van der Waals surface area contributed by atoms with Crippen LogP contribution in [-0.4, -0.2) is 22.1 Å². The number of aryl methyl sites for hydroxylation is 2. The SMILES string of the molecule is Cc1cc2nc(-c3ccc(C(=O)N/N=C/c4cccc(F)c4)cc3)[nH]c2cc1C. The van der Waals surface area contributed by atoms with Crippen LogP contribution >= 0.6 is 0 Å². The van der Waals surface area contributed by atoms with Gasteiger partial charge in [0.25, 0.3) is 5.91 Å². The largest absolute Gasteiger partial charge is 0.338 e. The Morgan fingerprint density at radius 3 is 2.59 bits per heavy atom. The molecule has 1 heterocycles. The highest BCUT2D eigenvalue weighted by atomic mass is 19.1. The Morgan fingerprint density at radius 2 is 1.83 bits per heavy atom. The number of aromatic amines is 1. The molecule has 0 aliphatic rings. The Labute approximate surface area is 167 Å². The summed E-state index contributed by atoms with van der Waals surface area (Å²) in [7, 11) is 0. The molecular formula is C23H19FN4O. The van der Waals surface area contributed by atoms with Gasteiger partial charge in [0.2, 0.25) is 0 Å². The maximum absolute atomic E-state index is 13.1. The maximum atomic E-state index is 13.1. The highest BCUT2D eigenvalue weighted by Gasteiger charge is 2.09. The molecule has 0 saturated heterocycles. The Hall–Kier alpha value is -3.80. The van der Waals surface area contributed by atoms with E-state index in [2.05, 4.69) is 46.5 Å². The lowest BCUT2D eigenvalue weighted by Crippen LogP contribution is -2.17. The van der Waals surface area contributed by atoms with Gasteiger partial charge in [-0.25, -0.2) is 14.8 Å². The highest BCUT2D eigenvalue weighted by molar-refractivity contribution is 5.95. The van der Waals surface area contributed by atoms with Crippen molar-refractivity contribution in [1.29, 1.82) is 0 Å². The summed E-state index contributed by atoms with van der Waals surface area (Å²) in [5.74, 6) is 0.0490. The first-order valence-electron chi connectivity index (χ1n) is 9.16. The van der Waals surface area contributed by atoms with Gasteiger partial charge in [-0.2, -0.15) is 5.10 Å². The third kappa shape index (κ3) is 4.06. The summed E-state index contributed by atoms with van der Waals surface area (Å²) in [4.78, 5) is 20.2. The lowest BCUT2D eigenvalue weighted by atomic mass is 10.1. The number of halogens is 1. The molecule has 1 aromatic heterocycles. The third-order valence-electron chi connectivity index (χ3n) is 4.75. The number of fused-ring (bicyclic) bond motifs is 1. The molecule has 0 aliphatic carbocycles. The summed E-state index contributed by atoms with van der Waals surface area (Å²) in [5.41, 5.74) is 8.66. The number of amides is 1. The zero-order valence-corrected chi connectivity index (χ0v) is 16.0. The Bertz CT molecular complexity index is 1190. The number of hydrogen-bond donors (Lipinski definition) is 2. The van der Waals surface area contributed by atoms with Crippen molar-refractivity contribution in [2.45, 2.75) is 13.8 Å². The molecule has 0 spiro atoms. The molecule has 4 aromatic rings. The van der Waals surface area contributed by atoms with Gasteiger partial charge in [0.15, 0.2) is 0 Å². The average molecular weight is 386 g/mol. The van der Waals surface area contributed by atoms with Gasteiger partial charge >= 0.3 is 0 Å². The predicted molar refractivity (Wildman–Crippen MR) is 112 cm³/mol. The van der Waals surface area contributed by atoms with Crippen LogP contribution in [0.5, 0.6) is 0 Å². The third-order valence-corrected chi connectivity index (χ3v) is 4.75. The van der Waals surface area contributed by atoms with Crippen LogP contribution < -0.4 is 5.43 Å². The van der Waals surface area contributed by atoms with Gasteiger partial charge in [0.05, 0.1) is 17.2 Å². The number of nitrogens with one attached hydrogen (secondary N) is 2. The van der Waals surface area contributed by atoms with Gasteiger partial charge in [-0.15, -0.1) is 0 Å². The molecule has 29 heavy (non-hydrogen) atoms. The summed E-state index contributed by atoms with van der Waals surface area (Å²) >= 11 is 0. The van der Waals surface area contributed by atoms with Crippen LogP contribution in [0.2, 0.25) is 0 Å². The second-order valence-electron chi connectivity index (χ2n) is 6.87. The van der Waals surface area contributed by atoms with Crippen molar-refractivity contribution in [3.05, 3.63) is 88.7 Å². The van der Waals surface area contributed by atoms with Crippen molar-refractivity contribution in [1.82, 2.24) is 15.4 Å². The first kappa shape index (κ1) is 18.6. The predicted octanol–water partition coefficient (Wildman–Crippen LogP) is 4.75. The van der Waals surface area contributed by atoms with E-state index >= 15 is 0 Å². The molecular weight excluding hydrogens is 367 g/mol. The smallest absolute Gasteiger partial charge is 0.271 e. The van der Waals surface area contributed by atoms with Gasteiger partial charge in [0, 0.05) is 11.1 Å². The zero-order chi connectivity index (χ0) is 20.4.